The molecule has 2 nitrogen and oxygen atoms in total. The fourth-order valence-electron chi connectivity index (χ4n) is 2.40. The van der Waals surface area contributed by atoms with E-state index in [2.05, 4.69) is 21.2 Å². The molecule has 0 amide bonds. The maximum absolute atomic E-state index is 13.8. The minimum atomic E-state index is -0.286. The molecule has 0 fully saturated rings. The smallest absolute Gasteiger partial charge is 0.129 e. The molecule has 0 atom stereocenters. The Kier molecular flexibility index (Phi) is 6.41. The van der Waals surface area contributed by atoms with Gasteiger partial charge >= 0.3 is 0 Å². The molecule has 1 N–H and O–H groups in total. The van der Waals surface area contributed by atoms with Crippen molar-refractivity contribution in [1.82, 2.24) is 0 Å². The first kappa shape index (κ1) is 19.0. The summed E-state index contributed by atoms with van der Waals surface area (Å²) in [6.07, 6.45) is 0. The Morgan fingerprint density at radius 1 is 0.962 bits per heavy atom. The normalized spacial score (nSPS) is 10.6. The molecule has 134 valence electrons. The maximum atomic E-state index is 13.8. The summed E-state index contributed by atoms with van der Waals surface area (Å²) in [4.78, 5) is 0. The molecule has 0 aliphatic rings. The summed E-state index contributed by atoms with van der Waals surface area (Å²) >= 11 is 15.6. The van der Waals surface area contributed by atoms with Crippen molar-refractivity contribution < 1.29 is 9.13 Å². The van der Waals surface area contributed by atoms with Crippen LogP contribution in [-0.2, 0) is 13.2 Å². The van der Waals surface area contributed by atoms with Gasteiger partial charge in [0.2, 0.25) is 0 Å². The van der Waals surface area contributed by atoms with Crippen molar-refractivity contribution in [2.45, 2.75) is 13.2 Å². The van der Waals surface area contributed by atoms with Crippen molar-refractivity contribution in [3.63, 3.8) is 0 Å². The molecule has 0 radical (unpaired) electrons. The number of rotatable bonds is 6. The molecule has 3 aromatic carbocycles. The zero-order valence-electron chi connectivity index (χ0n) is 13.6. The van der Waals surface area contributed by atoms with Gasteiger partial charge in [-0.3, -0.25) is 0 Å². The molecule has 0 bridgehead atoms. The lowest BCUT2D eigenvalue weighted by Crippen LogP contribution is -2.04. The quantitative estimate of drug-likeness (QED) is 0.429. The highest BCUT2D eigenvalue weighted by molar-refractivity contribution is 9.10. The Morgan fingerprint density at radius 2 is 1.77 bits per heavy atom. The summed E-state index contributed by atoms with van der Waals surface area (Å²) in [6.45, 7) is 0.635. The fraction of sp³-hybridized carbons (Fsp3) is 0.100. The number of hydrogen-bond donors (Lipinski definition) is 1. The molecule has 26 heavy (non-hydrogen) atoms. The molecule has 6 heteroatoms. The highest BCUT2D eigenvalue weighted by atomic mass is 79.9. The second kappa shape index (κ2) is 8.76. The van der Waals surface area contributed by atoms with E-state index in [1.165, 1.54) is 6.07 Å². The van der Waals surface area contributed by atoms with Crippen molar-refractivity contribution in [2.24, 2.45) is 0 Å². The molecule has 3 aromatic rings. The Morgan fingerprint density at radius 3 is 2.54 bits per heavy atom. The monoisotopic (exact) mass is 453 g/mol. The first-order chi connectivity index (χ1) is 12.5. The molecule has 0 spiro atoms. The predicted octanol–water partition coefficient (Wildman–Crippen LogP) is 7.09. The van der Waals surface area contributed by atoms with Gasteiger partial charge in [0.05, 0.1) is 5.02 Å². The molecule has 0 unspecified atom stereocenters. The molecule has 0 aliphatic heterocycles. The van der Waals surface area contributed by atoms with E-state index in [1.807, 2.05) is 24.3 Å². The van der Waals surface area contributed by atoms with Crippen LogP contribution in [0.5, 0.6) is 5.75 Å². The van der Waals surface area contributed by atoms with E-state index in [-0.39, 0.29) is 12.4 Å². The highest BCUT2D eigenvalue weighted by Gasteiger charge is 2.08. The lowest BCUT2D eigenvalue weighted by molar-refractivity contribution is 0.297. The number of benzene rings is 3. The van der Waals surface area contributed by atoms with Crippen molar-refractivity contribution in [3.05, 3.63) is 92.1 Å². The van der Waals surface area contributed by atoms with Crippen LogP contribution in [0.3, 0.4) is 0 Å². The van der Waals surface area contributed by atoms with Crippen LogP contribution in [0, 0.1) is 5.82 Å². The second-order valence-electron chi connectivity index (χ2n) is 5.61. The van der Waals surface area contributed by atoms with Crippen LogP contribution in [0.25, 0.3) is 0 Å². The van der Waals surface area contributed by atoms with Gasteiger partial charge in [-0.15, -0.1) is 0 Å². The minimum absolute atomic E-state index is 0.144. The third kappa shape index (κ3) is 4.91. The molecular weight excluding hydrogens is 440 g/mol. The number of ether oxygens (including phenoxy) is 1. The largest absolute Gasteiger partial charge is 0.488 e. The Hall–Kier alpha value is -1.75. The molecule has 0 aromatic heterocycles. The van der Waals surface area contributed by atoms with E-state index < -0.39 is 0 Å². The van der Waals surface area contributed by atoms with Crippen LogP contribution in [0.2, 0.25) is 10.0 Å². The van der Waals surface area contributed by atoms with Crippen molar-refractivity contribution in [3.8, 4) is 5.75 Å². The fourth-order valence-corrected chi connectivity index (χ4v) is 3.02. The van der Waals surface area contributed by atoms with Gasteiger partial charge in [-0.25, -0.2) is 4.39 Å². The van der Waals surface area contributed by atoms with E-state index >= 15 is 0 Å². The predicted molar refractivity (Wildman–Crippen MR) is 109 cm³/mol. The van der Waals surface area contributed by atoms with Crippen LogP contribution in [0.1, 0.15) is 11.1 Å². The first-order valence-electron chi connectivity index (χ1n) is 7.86. The van der Waals surface area contributed by atoms with Crippen LogP contribution in [-0.4, -0.2) is 0 Å². The average Bonchev–Trinajstić information content (AvgIpc) is 2.63. The van der Waals surface area contributed by atoms with E-state index in [9.17, 15) is 4.39 Å². The Balaban J connectivity index is 1.73. The highest BCUT2D eigenvalue weighted by Crippen LogP contribution is 2.28. The maximum Gasteiger partial charge on any atom is 0.129 e. The summed E-state index contributed by atoms with van der Waals surface area (Å²) in [5.41, 5.74) is 2.24. The van der Waals surface area contributed by atoms with Gasteiger partial charge < -0.3 is 10.1 Å². The SMILES string of the molecule is Fc1ccccc1COc1ccc(Cl)cc1CNc1ccc(Br)c(Cl)c1. The van der Waals surface area contributed by atoms with Gasteiger partial charge in [0.15, 0.2) is 0 Å². The van der Waals surface area contributed by atoms with E-state index in [0.29, 0.717) is 27.9 Å². The van der Waals surface area contributed by atoms with Gasteiger partial charge in [0.1, 0.15) is 18.2 Å². The third-order valence-electron chi connectivity index (χ3n) is 3.77. The standard InChI is InChI=1S/C20H15BrCl2FNO/c21-17-7-6-16(10-18(17)23)25-11-14-9-15(22)5-8-20(14)26-12-13-3-1-2-4-19(13)24/h1-10,25H,11-12H2. The van der Waals surface area contributed by atoms with Gasteiger partial charge in [-0.05, 0) is 58.4 Å². The molecule has 0 saturated heterocycles. The minimum Gasteiger partial charge on any atom is -0.488 e. The molecule has 0 heterocycles. The summed E-state index contributed by atoms with van der Waals surface area (Å²) in [5, 5.41) is 4.52. The van der Waals surface area contributed by atoms with E-state index in [1.54, 1.807) is 30.3 Å². The summed E-state index contributed by atoms with van der Waals surface area (Å²) in [6, 6.07) is 17.5. The van der Waals surface area contributed by atoms with Crippen LogP contribution >= 0.6 is 39.1 Å². The van der Waals surface area contributed by atoms with Crippen LogP contribution in [0.15, 0.2) is 65.1 Å². The average molecular weight is 455 g/mol. The topological polar surface area (TPSA) is 21.3 Å². The summed E-state index contributed by atoms with van der Waals surface area (Å²) in [5.74, 6) is 0.360. The third-order valence-corrected chi connectivity index (χ3v) is 5.23. The number of nitrogens with one attached hydrogen (secondary N) is 1. The molecular formula is C20H15BrCl2FNO. The number of halogens is 4. The zero-order valence-corrected chi connectivity index (χ0v) is 16.7. The van der Waals surface area contributed by atoms with Crippen molar-refractivity contribution in [2.75, 3.05) is 5.32 Å². The second-order valence-corrected chi connectivity index (χ2v) is 7.31. The van der Waals surface area contributed by atoms with Crippen molar-refractivity contribution in [1.29, 1.82) is 0 Å². The van der Waals surface area contributed by atoms with Gasteiger partial charge in [0, 0.05) is 32.9 Å². The Bertz CT molecular complexity index is 920. The van der Waals surface area contributed by atoms with E-state index in [4.69, 9.17) is 27.9 Å². The van der Waals surface area contributed by atoms with Crippen molar-refractivity contribution >= 4 is 44.8 Å². The van der Waals surface area contributed by atoms with E-state index in [0.717, 1.165) is 15.7 Å². The first-order valence-corrected chi connectivity index (χ1v) is 9.41. The van der Waals surface area contributed by atoms with Crippen LogP contribution in [0.4, 0.5) is 10.1 Å². The number of hydrogen-bond acceptors (Lipinski definition) is 2. The lowest BCUT2D eigenvalue weighted by Gasteiger charge is -2.14. The zero-order chi connectivity index (χ0) is 18.5. The molecule has 0 aliphatic carbocycles. The lowest BCUT2D eigenvalue weighted by atomic mass is 10.2. The van der Waals surface area contributed by atoms with Gasteiger partial charge in [-0.1, -0.05) is 41.4 Å². The Labute approximate surface area is 170 Å². The summed E-state index contributed by atoms with van der Waals surface area (Å²) in [7, 11) is 0. The molecule has 0 saturated carbocycles. The molecule has 3 rings (SSSR count). The number of anilines is 1. The van der Waals surface area contributed by atoms with Crippen LogP contribution < -0.4 is 10.1 Å². The van der Waals surface area contributed by atoms with Gasteiger partial charge in [-0.2, -0.15) is 0 Å². The van der Waals surface area contributed by atoms with Gasteiger partial charge in [0.25, 0.3) is 0 Å². The summed E-state index contributed by atoms with van der Waals surface area (Å²) < 4.78 is 20.4.